The second-order valence-electron chi connectivity index (χ2n) is 8.27. The van der Waals surface area contributed by atoms with Crippen LogP contribution >= 0.6 is 0 Å². The van der Waals surface area contributed by atoms with Crippen LogP contribution in [0.4, 0.5) is 0 Å². The fourth-order valence-electron chi connectivity index (χ4n) is 5.03. The maximum atomic E-state index is 14.2. The standard InChI is InChI=1S/C24H29N3O3/c1-25-21(28)24(20-10-5-6-14-26-20)11-7-15-27(24)22(29)23(12-16-30-17-13-23)18-19-8-3-2-4-9-19/h2-6,8-10,14H,7,11-13,15-18H2,1H3,(H,25,28). The Labute approximate surface area is 177 Å². The molecule has 6 heteroatoms. The molecule has 2 aliphatic heterocycles. The molecule has 1 atom stereocenters. The van der Waals surface area contributed by atoms with Crippen molar-refractivity contribution in [3.63, 3.8) is 0 Å². The highest BCUT2D eigenvalue weighted by molar-refractivity contribution is 5.94. The number of ether oxygens (including phenoxy) is 1. The smallest absolute Gasteiger partial charge is 0.252 e. The zero-order valence-corrected chi connectivity index (χ0v) is 17.5. The van der Waals surface area contributed by atoms with Crippen molar-refractivity contribution in [1.82, 2.24) is 15.2 Å². The Morgan fingerprint density at radius 1 is 1.07 bits per heavy atom. The van der Waals surface area contributed by atoms with E-state index >= 15 is 0 Å². The molecule has 1 N–H and O–H groups in total. The molecule has 2 fully saturated rings. The zero-order valence-electron chi connectivity index (χ0n) is 17.5. The van der Waals surface area contributed by atoms with E-state index < -0.39 is 11.0 Å². The van der Waals surface area contributed by atoms with E-state index in [0.717, 1.165) is 12.0 Å². The molecule has 2 aliphatic rings. The van der Waals surface area contributed by atoms with Crippen molar-refractivity contribution in [3.05, 3.63) is 66.0 Å². The molecular formula is C24H29N3O3. The molecule has 4 rings (SSSR count). The van der Waals surface area contributed by atoms with Crippen molar-refractivity contribution in [2.75, 3.05) is 26.8 Å². The molecule has 2 saturated heterocycles. The summed E-state index contributed by atoms with van der Waals surface area (Å²) >= 11 is 0. The number of carbonyl (C=O) groups is 2. The molecule has 6 nitrogen and oxygen atoms in total. The first-order valence-electron chi connectivity index (χ1n) is 10.7. The summed E-state index contributed by atoms with van der Waals surface area (Å²) in [5.74, 6) is -0.129. The second kappa shape index (κ2) is 8.56. The van der Waals surface area contributed by atoms with Gasteiger partial charge in [0, 0.05) is 33.0 Å². The van der Waals surface area contributed by atoms with Gasteiger partial charge in [-0.25, -0.2) is 0 Å². The Bertz CT molecular complexity index is 881. The fraction of sp³-hybridized carbons (Fsp3) is 0.458. The molecule has 2 aromatic rings. The van der Waals surface area contributed by atoms with Crippen LogP contribution in [0.25, 0.3) is 0 Å². The van der Waals surface area contributed by atoms with E-state index in [1.807, 2.05) is 41.3 Å². The molecule has 0 radical (unpaired) electrons. The van der Waals surface area contributed by atoms with Crippen LogP contribution < -0.4 is 5.32 Å². The minimum Gasteiger partial charge on any atom is -0.381 e. The van der Waals surface area contributed by atoms with Gasteiger partial charge in [-0.15, -0.1) is 0 Å². The summed E-state index contributed by atoms with van der Waals surface area (Å²) in [5, 5.41) is 2.80. The van der Waals surface area contributed by atoms with Crippen LogP contribution in [0.1, 0.15) is 36.9 Å². The van der Waals surface area contributed by atoms with Crippen LogP contribution in [0.5, 0.6) is 0 Å². The number of nitrogens with zero attached hydrogens (tertiary/aromatic N) is 2. The summed E-state index contributed by atoms with van der Waals surface area (Å²) < 4.78 is 5.62. The molecular weight excluding hydrogens is 378 g/mol. The van der Waals surface area contributed by atoms with Gasteiger partial charge in [0.1, 0.15) is 0 Å². The number of amides is 2. The van der Waals surface area contributed by atoms with Crippen LogP contribution in [-0.2, 0) is 26.3 Å². The number of nitrogens with one attached hydrogen (secondary N) is 1. The van der Waals surface area contributed by atoms with Gasteiger partial charge >= 0.3 is 0 Å². The number of pyridine rings is 1. The Morgan fingerprint density at radius 3 is 2.47 bits per heavy atom. The van der Waals surface area contributed by atoms with Gasteiger partial charge in [0.05, 0.1) is 11.1 Å². The summed E-state index contributed by atoms with van der Waals surface area (Å²) in [5.41, 5.74) is 0.139. The predicted octanol–water partition coefficient (Wildman–Crippen LogP) is 2.68. The molecule has 0 aliphatic carbocycles. The molecule has 0 bridgehead atoms. The SMILES string of the molecule is CNC(=O)C1(c2ccccn2)CCCN1C(=O)C1(Cc2ccccc2)CCOCC1. The number of hydrogen-bond acceptors (Lipinski definition) is 4. The molecule has 30 heavy (non-hydrogen) atoms. The van der Waals surface area contributed by atoms with E-state index in [1.165, 1.54) is 0 Å². The first-order valence-corrected chi connectivity index (χ1v) is 10.7. The van der Waals surface area contributed by atoms with Crippen LogP contribution in [0.15, 0.2) is 54.7 Å². The van der Waals surface area contributed by atoms with Crippen molar-refractivity contribution >= 4 is 11.8 Å². The van der Waals surface area contributed by atoms with Crippen LogP contribution in [-0.4, -0.2) is 48.5 Å². The topological polar surface area (TPSA) is 71.5 Å². The van der Waals surface area contributed by atoms with Crippen LogP contribution in [0, 0.1) is 5.41 Å². The van der Waals surface area contributed by atoms with Gasteiger partial charge in [-0.05, 0) is 49.8 Å². The lowest BCUT2D eigenvalue weighted by Gasteiger charge is -2.44. The molecule has 3 heterocycles. The van der Waals surface area contributed by atoms with Crippen molar-refractivity contribution in [2.45, 2.75) is 37.6 Å². The molecule has 1 aromatic heterocycles. The van der Waals surface area contributed by atoms with Crippen LogP contribution in [0.2, 0.25) is 0 Å². The molecule has 1 aromatic carbocycles. The first kappa shape index (κ1) is 20.5. The highest BCUT2D eigenvalue weighted by Crippen LogP contribution is 2.44. The van der Waals surface area contributed by atoms with Gasteiger partial charge in [-0.1, -0.05) is 36.4 Å². The van der Waals surface area contributed by atoms with Gasteiger partial charge in [0.2, 0.25) is 5.91 Å². The number of aromatic nitrogens is 1. The number of hydrogen-bond donors (Lipinski definition) is 1. The normalized spacial score (nSPS) is 23.2. The summed E-state index contributed by atoms with van der Waals surface area (Å²) in [4.78, 5) is 33.7. The quantitative estimate of drug-likeness (QED) is 0.827. The Morgan fingerprint density at radius 2 is 1.80 bits per heavy atom. The number of carbonyl (C=O) groups excluding carboxylic acids is 2. The number of rotatable bonds is 5. The lowest BCUT2D eigenvalue weighted by Crippen LogP contribution is -2.59. The van der Waals surface area contributed by atoms with E-state index in [4.69, 9.17) is 4.74 Å². The third-order valence-electron chi connectivity index (χ3n) is 6.61. The van der Waals surface area contributed by atoms with Gasteiger partial charge < -0.3 is 15.0 Å². The van der Waals surface area contributed by atoms with E-state index in [2.05, 4.69) is 22.4 Å². The van der Waals surface area contributed by atoms with Gasteiger partial charge in [0.25, 0.3) is 5.91 Å². The van der Waals surface area contributed by atoms with E-state index in [1.54, 1.807) is 13.2 Å². The lowest BCUT2D eigenvalue weighted by molar-refractivity contribution is -0.158. The minimum absolute atomic E-state index is 0.0430. The average molecular weight is 408 g/mol. The monoisotopic (exact) mass is 407 g/mol. The minimum atomic E-state index is -1.06. The summed E-state index contributed by atoms with van der Waals surface area (Å²) in [7, 11) is 1.63. The lowest BCUT2D eigenvalue weighted by atomic mass is 9.73. The zero-order chi connectivity index (χ0) is 21.0. The summed E-state index contributed by atoms with van der Waals surface area (Å²) in [6.45, 7) is 1.67. The summed E-state index contributed by atoms with van der Waals surface area (Å²) in [6, 6.07) is 15.7. The molecule has 158 valence electrons. The third kappa shape index (κ3) is 3.49. The average Bonchev–Trinajstić information content (AvgIpc) is 3.26. The first-order chi connectivity index (χ1) is 14.6. The Balaban J connectivity index is 1.75. The maximum Gasteiger partial charge on any atom is 0.252 e. The maximum absolute atomic E-state index is 14.2. The number of benzene rings is 1. The molecule has 0 saturated carbocycles. The van der Waals surface area contributed by atoms with E-state index in [9.17, 15) is 9.59 Å². The third-order valence-corrected chi connectivity index (χ3v) is 6.61. The molecule has 1 unspecified atom stereocenters. The number of likely N-dealkylation sites (N-methyl/N-ethyl adjacent to an activating group) is 1. The highest BCUT2D eigenvalue weighted by Gasteiger charge is 2.55. The molecule has 0 spiro atoms. The fourth-order valence-corrected chi connectivity index (χ4v) is 5.03. The Hall–Kier alpha value is -2.73. The van der Waals surface area contributed by atoms with Gasteiger partial charge in [-0.2, -0.15) is 0 Å². The van der Waals surface area contributed by atoms with Gasteiger partial charge in [0.15, 0.2) is 5.54 Å². The molecule has 2 amide bonds. The summed E-state index contributed by atoms with van der Waals surface area (Å²) in [6.07, 6.45) is 5.00. The van der Waals surface area contributed by atoms with Crippen molar-refractivity contribution in [3.8, 4) is 0 Å². The van der Waals surface area contributed by atoms with Crippen molar-refractivity contribution in [1.29, 1.82) is 0 Å². The second-order valence-corrected chi connectivity index (χ2v) is 8.27. The van der Waals surface area contributed by atoms with Crippen molar-refractivity contribution < 1.29 is 14.3 Å². The predicted molar refractivity (Wildman–Crippen MR) is 114 cm³/mol. The van der Waals surface area contributed by atoms with E-state index in [-0.39, 0.29) is 11.8 Å². The largest absolute Gasteiger partial charge is 0.381 e. The Kier molecular flexibility index (Phi) is 5.86. The number of likely N-dealkylation sites (tertiary alicyclic amines) is 1. The van der Waals surface area contributed by atoms with Crippen molar-refractivity contribution in [2.24, 2.45) is 5.41 Å². The van der Waals surface area contributed by atoms with Crippen LogP contribution in [0.3, 0.4) is 0 Å². The van der Waals surface area contributed by atoms with Gasteiger partial charge in [-0.3, -0.25) is 14.6 Å². The van der Waals surface area contributed by atoms with E-state index in [0.29, 0.717) is 51.1 Å². The highest BCUT2D eigenvalue weighted by atomic mass is 16.5.